The number of nitrogens with zero attached hydrogens (tertiary/aromatic N) is 1. The molecular weight excluding hydrogens is 509 g/mol. The molecule has 0 spiro atoms. The molecule has 4 rings (SSSR count). The summed E-state index contributed by atoms with van der Waals surface area (Å²) < 4.78 is 11.0. The van der Waals surface area contributed by atoms with Crippen LogP contribution in [0.3, 0.4) is 0 Å². The minimum atomic E-state index is -0.558. The molecule has 1 aromatic heterocycles. The van der Waals surface area contributed by atoms with Crippen LogP contribution in [0.2, 0.25) is 10.0 Å². The topological polar surface area (TPSA) is 96.6 Å². The van der Waals surface area contributed by atoms with Crippen LogP contribution in [-0.2, 0) is 0 Å². The zero-order valence-corrected chi connectivity index (χ0v) is 21.3. The van der Waals surface area contributed by atoms with Crippen LogP contribution in [0.25, 0.3) is 22.6 Å². The molecule has 0 aliphatic carbocycles. The van der Waals surface area contributed by atoms with Gasteiger partial charge in [0.1, 0.15) is 17.0 Å². The Labute approximate surface area is 217 Å². The predicted octanol–water partition coefficient (Wildman–Crippen LogP) is 6.77. The lowest BCUT2D eigenvalue weighted by molar-refractivity contribution is 0.0974. The highest BCUT2D eigenvalue weighted by Gasteiger charge is 2.19. The molecule has 10 heteroatoms. The van der Waals surface area contributed by atoms with Crippen molar-refractivity contribution in [2.24, 2.45) is 0 Å². The zero-order valence-electron chi connectivity index (χ0n) is 19.0. The van der Waals surface area contributed by atoms with Crippen molar-refractivity contribution in [1.29, 1.82) is 0 Å². The number of oxazole rings is 1. The summed E-state index contributed by atoms with van der Waals surface area (Å²) in [6, 6.07) is 13.5. The molecule has 1 amide bonds. The highest BCUT2D eigenvalue weighted by Crippen LogP contribution is 2.34. The summed E-state index contributed by atoms with van der Waals surface area (Å²) in [6.45, 7) is 4.21. The minimum absolute atomic E-state index is 0.00313. The summed E-state index contributed by atoms with van der Waals surface area (Å²) in [5.74, 6) is 0.211. The Kier molecular flexibility index (Phi) is 7.16. The number of amides is 1. The van der Waals surface area contributed by atoms with Crippen molar-refractivity contribution in [2.45, 2.75) is 19.8 Å². The van der Waals surface area contributed by atoms with E-state index in [4.69, 9.17) is 44.6 Å². The maximum absolute atomic E-state index is 12.7. The van der Waals surface area contributed by atoms with Crippen LogP contribution in [-0.4, -0.2) is 28.2 Å². The van der Waals surface area contributed by atoms with Gasteiger partial charge >= 0.3 is 0 Å². The van der Waals surface area contributed by atoms with Crippen molar-refractivity contribution in [3.63, 3.8) is 0 Å². The molecule has 3 N–H and O–H groups in total. The number of hydrogen-bond acceptors (Lipinski definition) is 6. The van der Waals surface area contributed by atoms with Crippen LogP contribution in [0.5, 0.6) is 11.5 Å². The maximum atomic E-state index is 12.7. The number of hydrogen-bond donors (Lipinski definition) is 3. The molecule has 4 aromatic rings. The van der Waals surface area contributed by atoms with Crippen molar-refractivity contribution in [2.75, 3.05) is 12.4 Å². The molecule has 1 heterocycles. The Balaban J connectivity index is 1.50. The smallest absolute Gasteiger partial charge is 0.261 e. The monoisotopic (exact) mass is 529 g/mol. The van der Waals surface area contributed by atoms with Crippen molar-refractivity contribution in [3.05, 3.63) is 69.7 Å². The molecule has 7 nitrogen and oxygen atoms in total. The largest absolute Gasteiger partial charge is 0.507 e. The van der Waals surface area contributed by atoms with E-state index in [1.165, 1.54) is 25.3 Å². The van der Waals surface area contributed by atoms with Crippen LogP contribution in [0, 0.1) is 0 Å². The first-order valence-corrected chi connectivity index (χ1v) is 11.7. The Morgan fingerprint density at radius 3 is 2.60 bits per heavy atom. The molecule has 180 valence electrons. The van der Waals surface area contributed by atoms with Gasteiger partial charge in [-0.25, -0.2) is 4.98 Å². The first-order chi connectivity index (χ1) is 16.7. The summed E-state index contributed by atoms with van der Waals surface area (Å²) >= 11 is 17.3. The number of rotatable bonds is 5. The lowest BCUT2D eigenvalue weighted by atomic mass is 10.0. The van der Waals surface area contributed by atoms with Gasteiger partial charge in [-0.2, -0.15) is 0 Å². The van der Waals surface area contributed by atoms with Gasteiger partial charge in [-0.3, -0.25) is 10.1 Å². The molecule has 0 atom stereocenters. The molecule has 0 radical (unpaired) electrons. The highest BCUT2D eigenvalue weighted by atomic mass is 35.5. The predicted molar refractivity (Wildman–Crippen MR) is 142 cm³/mol. The quantitative estimate of drug-likeness (QED) is 0.245. The van der Waals surface area contributed by atoms with Gasteiger partial charge in [0.15, 0.2) is 10.7 Å². The number of nitrogens with one attached hydrogen (secondary N) is 2. The van der Waals surface area contributed by atoms with E-state index in [9.17, 15) is 9.90 Å². The Morgan fingerprint density at radius 2 is 1.91 bits per heavy atom. The number of ether oxygens (including phenoxy) is 1. The fraction of sp³-hybridized carbons (Fsp3) is 0.160. The van der Waals surface area contributed by atoms with E-state index < -0.39 is 5.91 Å². The molecular formula is C25H21Cl2N3O4S. The molecule has 0 saturated carbocycles. The number of phenols is 1. The standard InChI is InChI=1S/C25H21Cl2N3O4S/c1-12(2)13-4-7-21-19(8-13)29-24(34-21)16-6-5-15(11-20(16)31)28-25(35)30-23(32)17-9-14(26)10-18(27)22(17)33-3/h4-12,31H,1-3H3,(H2,28,30,32,35). The molecule has 0 fully saturated rings. The third kappa shape index (κ3) is 5.35. The fourth-order valence-corrected chi connectivity index (χ4v) is 4.26. The van der Waals surface area contributed by atoms with E-state index >= 15 is 0 Å². The van der Waals surface area contributed by atoms with Crippen LogP contribution in [0.1, 0.15) is 35.7 Å². The number of benzene rings is 3. The number of phenolic OH excluding ortho intramolecular Hbond substituents is 1. The van der Waals surface area contributed by atoms with E-state index in [1.54, 1.807) is 12.1 Å². The third-order valence-corrected chi connectivity index (χ3v) is 5.95. The van der Waals surface area contributed by atoms with E-state index in [2.05, 4.69) is 29.5 Å². The number of halogens is 2. The lowest BCUT2D eigenvalue weighted by Crippen LogP contribution is -2.34. The number of carbonyl (C=O) groups is 1. The molecule has 3 aromatic carbocycles. The number of aromatic hydroxyl groups is 1. The van der Waals surface area contributed by atoms with Crippen LogP contribution in [0.4, 0.5) is 5.69 Å². The Morgan fingerprint density at radius 1 is 1.14 bits per heavy atom. The molecule has 35 heavy (non-hydrogen) atoms. The second-order valence-electron chi connectivity index (χ2n) is 8.01. The first-order valence-electron chi connectivity index (χ1n) is 10.6. The third-order valence-electron chi connectivity index (χ3n) is 5.25. The number of methoxy groups -OCH3 is 1. The van der Waals surface area contributed by atoms with E-state index in [0.717, 1.165) is 5.56 Å². The van der Waals surface area contributed by atoms with Gasteiger partial charge < -0.3 is 19.6 Å². The molecule has 0 aliphatic rings. The average Bonchev–Trinajstić information content (AvgIpc) is 3.21. The highest BCUT2D eigenvalue weighted by molar-refractivity contribution is 7.80. The van der Waals surface area contributed by atoms with Gasteiger partial charge in [0.25, 0.3) is 5.91 Å². The van der Waals surface area contributed by atoms with E-state index in [0.29, 0.717) is 34.2 Å². The van der Waals surface area contributed by atoms with Crippen molar-refractivity contribution in [1.82, 2.24) is 10.3 Å². The fourth-order valence-electron chi connectivity index (χ4n) is 3.48. The number of thiocarbonyl (C=S) groups is 1. The number of fused-ring (bicyclic) bond motifs is 1. The Bertz CT molecular complexity index is 1450. The first kappa shape index (κ1) is 24.8. The molecule has 0 aliphatic heterocycles. The number of anilines is 1. The van der Waals surface area contributed by atoms with Gasteiger partial charge in [-0.05, 0) is 60.1 Å². The average molecular weight is 530 g/mol. The van der Waals surface area contributed by atoms with Gasteiger partial charge in [0.2, 0.25) is 5.89 Å². The Hall–Kier alpha value is -3.33. The van der Waals surface area contributed by atoms with Gasteiger partial charge in [-0.1, -0.05) is 43.1 Å². The minimum Gasteiger partial charge on any atom is -0.507 e. The summed E-state index contributed by atoms with van der Waals surface area (Å²) in [7, 11) is 1.40. The lowest BCUT2D eigenvalue weighted by Gasteiger charge is -2.13. The SMILES string of the molecule is COc1c(Cl)cc(Cl)cc1C(=O)NC(=S)Nc1ccc(-c2nc3cc(C(C)C)ccc3o2)c(O)c1. The summed E-state index contributed by atoms with van der Waals surface area (Å²) in [5.41, 5.74) is 3.50. The summed E-state index contributed by atoms with van der Waals surface area (Å²) in [6.07, 6.45) is 0. The van der Waals surface area contributed by atoms with Gasteiger partial charge in [-0.15, -0.1) is 0 Å². The van der Waals surface area contributed by atoms with Crippen molar-refractivity contribution < 1.29 is 19.1 Å². The van der Waals surface area contributed by atoms with E-state index in [1.807, 2.05) is 18.2 Å². The van der Waals surface area contributed by atoms with Crippen LogP contribution in [0.15, 0.2) is 52.9 Å². The number of aromatic nitrogens is 1. The van der Waals surface area contributed by atoms with E-state index in [-0.39, 0.29) is 32.2 Å². The number of carbonyl (C=O) groups excluding carboxylic acids is 1. The molecule has 0 unspecified atom stereocenters. The molecule has 0 bridgehead atoms. The maximum Gasteiger partial charge on any atom is 0.261 e. The summed E-state index contributed by atoms with van der Waals surface area (Å²) in [5, 5.41) is 16.5. The van der Waals surface area contributed by atoms with Gasteiger partial charge in [0, 0.05) is 16.8 Å². The molecule has 0 saturated heterocycles. The van der Waals surface area contributed by atoms with Crippen LogP contribution >= 0.6 is 35.4 Å². The normalized spacial score (nSPS) is 11.0. The second kappa shape index (κ2) is 10.1. The van der Waals surface area contributed by atoms with Crippen molar-refractivity contribution >= 4 is 63.2 Å². The zero-order chi connectivity index (χ0) is 25.3. The van der Waals surface area contributed by atoms with Gasteiger partial charge in [0.05, 0.1) is 23.3 Å². The van der Waals surface area contributed by atoms with Crippen molar-refractivity contribution in [3.8, 4) is 23.0 Å². The van der Waals surface area contributed by atoms with Crippen LogP contribution < -0.4 is 15.4 Å². The second-order valence-corrected chi connectivity index (χ2v) is 9.26. The summed E-state index contributed by atoms with van der Waals surface area (Å²) in [4.78, 5) is 17.2.